The number of piperidine rings is 1. The summed E-state index contributed by atoms with van der Waals surface area (Å²) in [6.07, 6.45) is 5.18. The van der Waals surface area contributed by atoms with E-state index in [9.17, 15) is 8.42 Å². The molecule has 1 unspecified atom stereocenters. The first-order chi connectivity index (χ1) is 10.1. The van der Waals surface area contributed by atoms with Crippen LogP contribution in [0, 0.1) is 5.92 Å². The Kier molecular flexibility index (Phi) is 3.97. The van der Waals surface area contributed by atoms with Crippen molar-refractivity contribution in [1.29, 1.82) is 0 Å². The number of nitrogens with one attached hydrogen (secondary N) is 2. The summed E-state index contributed by atoms with van der Waals surface area (Å²) < 4.78 is 27.3. The molecule has 0 bridgehead atoms. The average molecular weight is 308 g/mol. The third-order valence-electron chi connectivity index (χ3n) is 4.01. The standard InChI is InChI=1S/C14H20N4O2S/c1-15-8-11-4-3-7-18(10-11)21(19,20)13-9-17-14-12(13)5-2-6-16-14/h2,5-6,9,11,15H,3-4,7-8,10H2,1H3,(H,16,17). The second kappa shape index (κ2) is 5.75. The molecule has 1 aliphatic rings. The van der Waals surface area contributed by atoms with Gasteiger partial charge < -0.3 is 10.3 Å². The number of fused-ring (bicyclic) bond motifs is 1. The van der Waals surface area contributed by atoms with Crippen LogP contribution in [0.25, 0.3) is 11.0 Å². The number of hydrogen-bond acceptors (Lipinski definition) is 4. The molecule has 6 nitrogen and oxygen atoms in total. The second-order valence-electron chi connectivity index (χ2n) is 5.48. The Balaban J connectivity index is 1.93. The number of sulfonamides is 1. The Morgan fingerprint density at radius 3 is 3.19 bits per heavy atom. The van der Waals surface area contributed by atoms with E-state index in [1.54, 1.807) is 28.8 Å². The van der Waals surface area contributed by atoms with Gasteiger partial charge in [0.05, 0.1) is 0 Å². The van der Waals surface area contributed by atoms with Crippen molar-refractivity contribution in [3.8, 4) is 0 Å². The highest BCUT2D eigenvalue weighted by Crippen LogP contribution is 2.27. The number of hydrogen-bond donors (Lipinski definition) is 2. The Morgan fingerprint density at radius 1 is 1.52 bits per heavy atom. The molecule has 3 heterocycles. The molecule has 1 atom stereocenters. The lowest BCUT2D eigenvalue weighted by Crippen LogP contribution is -2.42. The Morgan fingerprint density at radius 2 is 2.38 bits per heavy atom. The van der Waals surface area contributed by atoms with Crippen molar-refractivity contribution in [2.45, 2.75) is 17.7 Å². The summed E-state index contributed by atoms with van der Waals surface area (Å²) in [5.41, 5.74) is 0.611. The first-order valence-corrected chi connectivity index (χ1v) is 8.64. The number of rotatable bonds is 4. The molecule has 2 N–H and O–H groups in total. The zero-order valence-corrected chi connectivity index (χ0v) is 12.9. The third-order valence-corrected chi connectivity index (χ3v) is 5.91. The zero-order valence-electron chi connectivity index (χ0n) is 12.0. The first-order valence-electron chi connectivity index (χ1n) is 7.20. The fourth-order valence-corrected chi connectivity index (χ4v) is 4.69. The lowest BCUT2D eigenvalue weighted by atomic mass is 10.00. The number of aromatic amines is 1. The molecule has 0 radical (unpaired) electrons. The predicted octanol–water partition coefficient (Wildman–Crippen LogP) is 1.18. The van der Waals surface area contributed by atoms with Gasteiger partial charge in [-0.1, -0.05) is 0 Å². The number of nitrogens with zero attached hydrogens (tertiary/aromatic N) is 2. The van der Waals surface area contributed by atoms with E-state index in [2.05, 4.69) is 15.3 Å². The smallest absolute Gasteiger partial charge is 0.245 e. The highest BCUT2D eigenvalue weighted by molar-refractivity contribution is 7.89. The summed E-state index contributed by atoms with van der Waals surface area (Å²) in [6, 6.07) is 3.55. The van der Waals surface area contributed by atoms with Gasteiger partial charge in [0, 0.05) is 30.9 Å². The van der Waals surface area contributed by atoms with Crippen LogP contribution in [0.2, 0.25) is 0 Å². The van der Waals surface area contributed by atoms with Gasteiger partial charge in [0.2, 0.25) is 10.0 Å². The van der Waals surface area contributed by atoms with Gasteiger partial charge in [-0.2, -0.15) is 4.31 Å². The molecule has 114 valence electrons. The molecular weight excluding hydrogens is 288 g/mol. The van der Waals surface area contributed by atoms with Gasteiger partial charge in [0.1, 0.15) is 10.5 Å². The van der Waals surface area contributed by atoms with Crippen molar-refractivity contribution in [3.63, 3.8) is 0 Å². The van der Waals surface area contributed by atoms with E-state index < -0.39 is 10.0 Å². The Bertz CT molecular complexity index is 723. The fraction of sp³-hybridized carbons (Fsp3) is 0.500. The van der Waals surface area contributed by atoms with E-state index >= 15 is 0 Å². The summed E-state index contributed by atoms with van der Waals surface area (Å²) in [7, 11) is -1.56. The maximum Gasteiger partial charge on any atom is 0.245 e. The van der Waals surface area contributed by atoms with E-state index in [-0.39, 0.29) is 0 Å². The topological polar surface area (TPSA) is 78.1 Å². The van der Waals surface area contributed by atoms with Gasteiger partial charge in [-0.3, -0.25) is 0 Å². The molecule has 0 spiro atoms. The number of H-pyrrole nitrogens is 1. The van der Waals surface area contributed by atoms with Crippen LogP contribution in [0.3, 0.4) is 0 Å². The SMILES string of the molecule is CNCC1CCCN(S(=O)(=O)c2c[nH]c3ncccc23)C1. The third kappa shape index (κ3) is 2.68. The quantitative estimate of drug-likeness (QED) is 0.889. The predicted molar refractivity (Wildman–Crippen MR) is 81.5 cm³/mol. The minimum atomic E-state index is -3.46. The van der Waals surface area contributed by atoms with Crippen molar-refractivity contribution < 1.29 is 8.42 Å². The van der Waals surface area contributed by atoms with E-state index in [1.165, 1.54) is 0 Å². The maximum atomic E-state index is 12.9. The average Bonchev–Trinajstić information content (AvgIpc) is 2.92. The van der Waals surface area contributed by atoms with Crippen molar-refractivity contribution in [1.82, 2.24) is 19.6 Å². The van der Waals surface area contributed by atoms with Gasteiger partial charge in [-0.25, -0.2) is 13.4 Å². The van der Waals surface area contributed by atoms with Crippen LogP contribution < -0.4 is 5.32 Å². The molecule has 2 aromatic rings. The highest BCUT2D eigenvalue weighted by Gasteiger charge is 2.31. The van der Waals surface area contributed by atoms with Crippen LogP contribution in [0.15, 0.2) is 29.4 Å². The van der Waals surface area contributed by atoms with Gasteiger partial charge in [0.25, 0.3) is 0 Å². The van der Waals surface area contributed by atoms with Crippen LogP contribution in [0.4, 0.5) is 0 Å². The molecule has 1 aliphatic heterocycles. The summed E-state index contributed by atoms with van der Waals surface area (Å²) in [5, 5.41) is 3.80. The molecule has 1 fully saturated rings. The van der Waals surface area contributed by atoms with Crippen LogP contribution >= 0.6 is 0 Å². The molecule has 21 heavy (non-hydrogen) atoms. The Labute approximate surface area is 124 Å². The van der Waals surface area contributed by atoms with Gasteiger partial charge in [0.15, 0.2) is 0 Å². The van der Waals surface area contributed by atoms with E-state index in [0.717, 1.165) is 19.4 Å². The van der Waals surface area contributed by atoms with Crippen LogP contribution in [0.1, 0.15) is 12.8 Å². The minimum Gasteiger partial charge on any atom is -0.345 e. The molecular formula is C14H20N4O2S. The normalized spacial score (nSPS) is 20.9. The fourth-order valence-electron chi connectivity index (χ4n) is 2.98. The number of aromatic nitrogens is 2. The van der Waals surface area contributed by atoms with Crippen LogP contribution in [-0.2, 0) is 10.0 Å². The molecule has 1 saturated heterocycles. The maximum absolute atomic E-state index is 12.9. The van der Waals surface area contributed by atoms with Gasteiger partial charge in [-0.15, -0.1) is 0 Å². The van der Waals surface area contributed by atoms with Gasteiger partial charge >= 0.3 is 0 Å². The lowest BCUT2D eigenvalue weighted by molar-refractivity contribution is 0.263. The monoisotopic (exact) mass is 308 g/mol. The van der Waals surface area contributed by atoms with Crippen molar-refractivity contribution in [3.05, 3.63) is 24.5 Å². The van der Waals surface area contributed by atoms with Gasteiger partial charge in [-0.05, 0) is 44.5 Å². The molecule has 0 saturated carbocycles. The first kappa shape index (κ1) is 14.5. The molecule has 0 aliphatic carbocycles. The lowest BCUT2D eigenvalue weighted by Gasteiger charge is -2.31. The van der Waals surface area contributed by atoms with E-state index in [4.69, 9.17) is 0 Å². The molecule has 0 aromatic carbocycles. The van der Waals surface area contributed by atoms with Crippen molar-refractivity contribution >= 4 is 21.1 Å². The van der Waals surface area contributed by atoms with Crippen LogP contribution in [-0.4, -0.2) is 49.4 Å². The van der Waals surface area contributed by atoms with Crippen molar-refractivity contribution in [2.75, 3.05) is 26.7 Å². The highest BCUT2D eigenvalue weighted by atomic mass is 32.2. The summed E-state index contributed by atoms with van der Waals surface area (Å²) >= 11 is 0. The zero-order chi connectivity index (χ0) is 14.9. The largest absolute Gasteiger partial charge is 0.345 e. The van der Waals surface area contributed by atoms with Crippen molar-refractivity contribution in [2.24, 2.45) is 5.92 Å². The molecule has 3 rings (SSSR count). The summed E-state index contributed by atoms with van der Waals surface area (Å²) in [4.78, 5) is 7.43. The Hall–Kier alpha value is -1.44. The molecule has 0 amide bonds. The van der Waals surface area contributed by atoms with E-state index in [0.29, 0.717) is 34.9 Å². The number of pyridine rings is 1. The molecule has 7 heteroatoms. The second-order valence-corrected chi connectivity index (χ2v) is 7.39. The summed E-state index contributed by atoms with van der Waals surface area (Å²) in [5.74, 6) is 0.377. The van der Waals surface area contributed by atoms with Crippen LogP contribution in [0.5, 0.6) is 0 Å². The minimum absolute atomic E-state index is 0.329. The van der Waals surface area contributed by atoms with E-state index in [1.807, 2.05) is 7.05 Å². The summed E-state index contributed by atoms with van der Waals surface area (Å²) in [6.45, 7) is 2.02. The molecule has 2 aromatic heterocycles.